The van der Waals surface area contributed by atoms with Crippen molar-refractivity contribution in [3.63, 3.8) is 0 Å². The van der Waals surface area contributed by atoms with Gasteiger partial charge in [-0.1, -0.05) is 60.7 Å². The molecular formula is C28H16O2. The molecule has 0 unspecified atom stereocenters. The Labute approximate surface area is 171 Å². The summed E-state index contributed by atoms with van der Waals surface area (Å²) in [5.74, 6) is 0.834. The van der Waals surface area contributed by atoms with Gasteiger partial charge in [0.15, 0.2) is 0 Å². The largest absolute Gasteiger partial charge is 0.456 e. The van der Waals surface area contributed by atoms with E-state index in [1.54, 1.807) is 0 Å². The van der Waals surface area contributed by atoms with Crippen LogP contribution < -0.4 is 0 Å². The Morgan fingerprint density at radius 3 is 1.93 bits per heavy atom. The predicted octanol–water partition coefficient (Wildman–Crippen LogP) is 8.31. The lowest BCUT2D eigenvalue weighted by Gasteiger charge is -2.08. The normalized spacial score (nSPS) is 12.0. The zero-order chi connectivity index (χ0) is 19.7. The first-order valence-electron chi connectivity index (χ1n) is 10.1. The van der Waals surface area contributed by atoms with Gasteiger partial charge in [-0.2, -0.15) is 0 Å². The van der Waals surface area contributed by atoms with Crippen LogP contribution in [-0.4, -0.2) is 0 Å². The number of furan rings is 2. The highest BCUT2D eigenvalue weighted by Gasteiger charge is 2.19. The maximum atomic E-state index is 6.39. The maximum Gasteiger partial charge on any atom is 0.147 e. The van der Waals surface area contributed by atoms with Gasteiger partial charge in [0.2, 0.25) is 0 Å². The third kappa shape index (κ3) is 2.13. The molecule has 7 aromatic rings. The first-order valence-corrected chi connectivity index (χ1v) is 10.1. The molecule has 0 saturated carbocycles. The van der Waals surface area contributed by atoms with Crippen molar-refractivity contribution in [1.82, 2.24) is 0 Å². The Morgan fingerprint density at radius 2 is 1.10 bits per heavy atom. The minimum absolute atomic E-state index is 0.834. The van der Waals surface area contributed by atoms with E-state index < -0.39 is 0 Å². The molecule has 0 bridgehead atoms. The quantitative estimate of drug-likeness (QED) is 0.266. The molecule has 30 heavy (non-hydrogen) atoms. The molecule has 2 aromatic heterocycles. The van der Waals surface area contributed by atoms with Crippen molar-refractivity contribution in [1.29, 1.82) is 0 Å². The lowest BCUT2D eigenvalue weighted by atomic mass is 9.95. The molecule has 2 heterocycles. The van der Waals surface area contributed by atoms with Crippen LogP contribution in [0, 0.1) is 0 Å². The minimum Gasteiger partial charge on any atom is -0.456 e. The number of rotatable bonds is 1. The van der Waals surface area contributed by atoms with Gasteiger partial charge in [0.1, 0.15) is 22.5 Å². The van der Waals surface area contributed by atoms with Crippen LogP contribution in [0.1, 0.15) is 0 Å². The predicted molar refractivity (Wildman–Crippen MR) is 124 cm³/mol. The van der Waals surface area contributed by atoms with E-state index in [1.165, 1.54) is 16.2 Å². The van der Waals surface area contributed by atoms with Crippen molar-refractivity contribution in [2.75, 3.05) is 0 Å². The van der Waals surface area contributed by atoms with Gasteiger partial charge in [-0.3, -0.25) is 0 Å². The number of hydrogen-bond acceptors (Lipinski definition) is 2. The van der Waals surface area contributed by atoms with Crippen LogP contribution in [0.5, 0.6) is 0 Å². The Bertz CT molecular complexity index is 1710. The first-order chi connectivity index (χ1) is 14.8. The summed E-state index contributed by atoms with van der Waals surface area (Å²) in [6, 6.07) is 33.7. The summed E-state index contributed by atoms with van der Waals surface area (Å²) in [6.45, 7) is 0. The molecule has 0 fully saturated rings. The molecule has 7 rings (SSSR count). The molecule has 0 aliphatic carbocycles. The van der Waals surface area contributed by atoms with E-state index >= 15 is 0 Å². The van der Waals surface area contributed by atoms with Crippen molar-refractivity contribution >= 4 is 54.5 Å². The summed E-state index contributed by atoms with van der Waals surface area (Å²) < 4.78 is 12.7. The summed E-state index contributed by atoms with van der Waals surface area (Å²) in [5.41, 5.74) is 3.66. The van der Waals surface area contributed by atoms with Crippen LogP contribution in [0.3, 0.4) is 0 Å². The number of hydrogen-bond donors (Lipinski definition) is 0. The van der Waals surface area contributed by atoms with Gasteiger partial charge in [-0.05, 0) is 57.9 Å². The van der Waals surface area contributed by atoms with Crippen LogP contribution in [0.4, 0.5) is 0 Å². The van der Waals surface area contributed by atoms with Crippen molar-refractivity contribution in [3.8, 4) is 11.3 Å². The molecule has 2 heteroatoms. The molecule has 0 spiro atoms. The Balaban J connectivity index is 1.72. The smallest absolute Gasteiger partial charge is 0.147 e. The molecule has 0 N–H and O–H groups in total. The number of para-hydroxylation sites is 2. The molecular weight excluding hydrogens is 368 g/mol. The second-order valence-corrected chi connectivity index (χ2v) is 7.80. The molecule has 140 valence electrons. The number of benzene rings is 5. The Kier molecular flexibility index (Phi) is 3.03. The summed E-state index contributed by atoms with van der Waals surface area (Å²) in [5, 5.41) is 8.09. The molecule has 5 aromatic carbocycles. The monoisotopic (exact) mass is 384 g/mol. The van der Waals surface area contributed by atoms with E-state index in [-0.39, 0.29) is 0 Å². The molecule has 0 saturated heterocycles. The molecule has 0 aliphatic heterocycles. The van der Waals surface area contributed by atoms with Gasteiger partial charge in [-0.25, -0.2) is 0 Å². The highest BCUT2D eigenvalue weighted by Crippen LogP contribution is 2.43. The van der Waals surface area contributed by atoms with E-state index in [9.17, 15) is 0 Å². The lowest BCUT2D eigenvalue weighted by molar-refractivity contribution is 0.627. The summed E-state index contributed by atoms with van der Waals surface area (Å²) >= 11 is 0. The third-order valence-electron chi connectivity index (χ3n) is 6.02. The fraction of sp³-hybridized carbons (Fsp3) is 0. The van der Waals surface area contributed by atoms with Crippen molar-refractivity contribution in [2.24, 2.45) is 0 Å². The summed E-state index contributed by atoms with van der Waals surface area (Å²) in [4.78, 5) is 0. The van der Waals surface area contributed by atoms with Crippen LogP contribution in [0.15, 0.2) is 106 Å². The minimum atomic E-state index is 0.834. The average Bonchev–Trinajstić information content (AvgIpc) is 3.37. The Hall–Kier alpha value is -4.04. The van der Waals surface area contributed by atoms with Crippen molar-refractivity contribution < 1.29 is 8.83 Å². The van der Waals surface area contributed by atoms with E-state index in [0.717, 1.165) is 49.6 Å². The molecule has 0 amide bonds. The maximum absolute atomic E-state index is 6.39. The first kappa shape index (κ1) is 15.8. The standard InChI is InChI=1S/C28H16O2/c1-2-8-18-14-22-20(13-17(18)7-1)15-23-21-10-4-6-12-25(21)30-28(23)27(22)26-16-19-9-3-5-11-24(19)29-26/h1-16H. The fourth-order valence-corrected chi connectivity index (χ4v) is 4.62. The zero-order valence-electron chi connectivity index (χ0n) is 16.1. The second-order valence-electron chi connectivity index (χ2n) is 7.80. The molecule has 0 radical (unpaired) electrons. The highest BCUT2D eigenvalue weighted by atomic mass is 16.3. The third-order valence-corrected chi connectivity index (χ3v) is 6.02. The van der Waals surface area contributed by atoms with Crippen LogP contribution in [0.2, 0.25) is 0 Å². The van der Waals surface area contributed by atoms with E-state index in [1.807, 2.05) is 30.3 Å². The van der Waals surface area contributed by atoms with Gasteiger partial charge >= 0.3 is 0 Å². The van der Waals surface area contributed by atoms with Gasteiger partial charge in [0.25, 0.3) is 0 Å². The van der Waals surface area contributed by atoms with E-state index in [0.29, 0.717) is 0 Å². The zero-order valence-corrected chi connectivity index (χ0v) is 16.1. The fourth-order valence-electron chi connectivity index (χ4n) is 4.62. The van der Waals surface area contributed by atoms with E-state index in [2.05, 4.69) is 66.7 Å². The topological polar surface area (TPSA) is 26.3 Å². The number of fused-ring (bicyclic) bond motifs is 6. The van der Waals surface area contributed by atoms with Gasteiger partial charge < -0.3 is 8.83 Å². The van der Waals surface area contributed by atoms with Gasteiger partial charge in [0, 0.05) is 16.2 Å². The van der Waals surface area contributed by atoms with E-state index in [4.69, 9.17) is 8.83 Å². The Morgan fingerprint density at radius 1 is 0.433 bits per heavy atom. The SMILES string of the molecule is c1ccc2cc3c(-c4cc5ccccc5o4)c4oc5ccccc5c4cc3cc2c1. The molecule has 0 atom stereocenters. The van der Waals surface area contributed by atoms with Gasteiger partial charge in [0.05, 0.1) is 5.56 Å². The van der Waals surface area contributed by atoms with Crippen molar-refractivity contribution in [2.45, 2.75) is 0 Å². The average molecular weight is 384 g/mol. The summed E-state index contributed by atoms with van der Waals surface area (Å²) in [6.07, 6.45) is 0. The van der Waals surface area contributed by atoms with Gasteiger partial charge in [-0.15, -0.1) is 0 Å². The molecule has 0 aliphatic rings. The highest BCUT2D eigenvalue weighted by molar-refractivity contribution is 6.20. The molecule has 2 nitrogen and oxygen atoms in total. The van der Waals surface area contributed by atoms with Crippen LogP contribution in [0.25, 0.3) is 65.8 Å². The lowest BCUT2D eigenvalue weighted by Crippen LogP contribution is -1.83. The summed E-state index contributed by atoms with van der Waals surface area (Å²) in [7, 11) is 0. The second kappa shape index (κ2) is 5.74. The van der Waals surface area contributed by atoms with Crippen LogP contribution in [-0.2, 0) is 0 Å². The van der Waals surface area contributed by atoms with Crippen LogP contribution >= 0.6 is 0 Å². The van der Waals surface area contributed by atoms with Crippen molar-refractivity contribution in [3.05, 3.63) is 97.1 Å².